The Morgan fingerprint density at radius 3 is 2.84 bits per heavy atom. The number of nitrogens with zero attached hydrogens (tertiary/aromatic N) is 2. The molecule has 1 unspecified atom stereocenters. The second-order valence-electron chi connectivity index (χ2n) is 4.28. The molecule has 3 rings (SSSR count). The summed E-state index contributed by atoms with van der Waals surface area (Å²) in [6, 6.07) is 9.45. The highest BCUT2D eigenvalue weighted by molar-refractivity contribution is 6.28. The summed E-state index contributed by atoms with van der Waals surface area (Å²) in [5.41, 5.74) is 1.64. The first kappa shape index (κ1) is 11.9. The minimum Gasteiger partial charge on any atom is -0.356 e. The van der Waals surface area contributed by atoms with Gasteiger partial charge in [0.05, 0.1) is 6.20 Å². The lowest BCUT2D eigenvalue weighted by molar-refractivity contribution is -0.117. The molecule has 0 saturated carbocycles. The topological polar surface area (TPSA) is 66.9 Å². The maximum atomic E-state index is 12.0. The fraction of sp³-hybridized carbons (Fsp3) is 0.154. The molecule has 2 heterocycles. The molecule has 0 spiro atoms. The monoisotopic (exact) mass is 274 g/mol. The number of rotatable bonds is 2. The van der Waals surface area contributed by atoms with Crippen LogP contribution in [-0.4, -0.2) is 21.9 Å². The Bertz CT molecular complexity index is 617. The largest absolute Gasteiger partial charge is 0.356 e. The van der Waals surface area contributed by atoms with E-state index in [0.717, 1.165) is 5.56 Å². The van der Waals surface area contributed by atoms with Gasteiger partial charge in [0.2, 0.25) is 11.2 Å². The molecule has 96 valence electrons. The highest BCUT2D eigenvalue weighted by Gasteiger charge is 2.26. The standard InChI is InChI=1S/C13H11ClN4O/c14-13-15-7-10-11(18-13)16-9(12(19)17-10)6-8-4-2-1-3-5-8/h1-5,7,9H,6H2,(H,17,19)(H,15,16,18). The predicted molar refractivity (Wildman–Crippen MR) is 73.2 cm³/mol. The minimum absolute atomic E-state index is 0.0951. The molecule has 1 atom stereocenters. The smallest absolute Gasteiger partial charge is 0.247 e. The van der Waals surface area contributed by atoms with E-state index in [-0.39, 0.29) is 17.2 Å². The molecule has 5 nitrogen and oxygen atoms in total. The first-order valence-corrected chi connectivity index (χ1v) is 6.24. The second-order valence-corrected chi connectivity index (χ2v) is 4.62. The molecule has 1 aromatic carbocycles. The van der Waals surface area contributed by atoms with Gasteiger partial charge >= 0.3 is 0 Å². The van der Waals surface area contributed by atoms with Gasteiger partial charge in [0.25, 0.3) is 0 Å². The van der Waals surface area contributed by atoms with E-state index >= 15 is 0 Å². The van der Waals surface area contributed by atoms with Gasteiger partial charge in [-0.25, -0.2) is 4.98 Å². The number of fused-ring (bicyclic) bond motifs is 1. The van der Waals surface area contributed by atoms with Crippen LogP contribution in [0, 0.1) is 0 Å². The zero-order valence-electron chi connectivity index (χ0n) is 9.93. The Morgan fingerprint density at radius 1 is 1.26 bits per heavy atom. The number of anilines is 2. The Balaban J connectivity index is 1.83. The molecule has 0 radical (unpaired) electrons. The SMILES string of the molecule is O=C1Nc2cnc(Cl)nc2NC1Cc1ccccc1. The number of carbonyl (C=O) groups is 1. The van der Waals surface area contributed by atoms with Crippen LogP contribution in [0.2, 0.25) is 5.28 Å². The number of carbonyl (C=O) groups excluding carboxylic acids is 1. The van der Waals surface area contributed by atoms with Gasteiger partial charge in [-0.2, -0.15) is 4.98 Å². The summed E-state index contributed by atoms with van der Waals surface area (Å²) >= 11 is 5.75. The Kier molecular flexibility index (Phi) is 3.05. The normalized spacial score (nSPS) is 17.3. The van der Waals surface area contributed by atoms with Crippen molar-refractivity contribution in [2.45, 2.75) is 12.5 Å². The fourth-order valence-corrected chi connectivity index (χ4v) is 2.14. The summed E-state index contributed by atoms with van der Waals surface area (Å²) in [5, 5.41) is 6.01. The van der Waals surface area contributed by atoms with Crippen LogP contribution in [0.4, 0.5) is 11.5 Å². The average Bonchev–Trinajstić information content (AvgIpc) is 2.41. The molecule has 0 saturated heterocycles. The first-order valence-electron chi connectivity index (χ1n) is 5.86. The van der Waals surface area contributed by atoms with Gasteiger partial charge in [-0.1, -0.05) is 30.3 Å². The second kappa shape index (κ2) is 4.85. The van der Waals surface area contributed by atoms with Crippen LogP contribution in [0.25, 0.3) is 0 Å². The Hall–Kier alpha value is -2.14. The van der Waals surface area contributed by atoms with Gasteiger partial charge in [0.15, 0.2) is 5.82 Å². The molecule has 2 aromatic rings. The zero-order chi connectivity index (χ0) is 13.2. The summed E-state index contributed by atoms with van der Waals surface area (Å²) < 4.78 is 0. The van der Waals surface area contributed by atoms with Crippen LogP contribution in [0.1, 0.15) is 5.56 Å². The third-order valence-corrected chi connectivity index (χ3v) is 3.11. The lowest BCUT2D eigenvalue weighted by Gasteiger charge is -2.25. The molecule has 6 heteroatoms. The van der Waals surface area contributed by atoms with Crippen molar-refractivity contribution < 1.29 is 4.79 Å². The van der Waals surface area contributed by atoms with Crippen LogP contribution in [-0.2, 0) is 11.2 Å². The van der Waals surface area contributed by atoms with Crippen molar-refractivity contribution >= 4 is 29.0 Å². The maximum absolute atomic E-state index is 12.0. The van der Waals surface area contributed by atoms with Gasteiger partial charge in [0, 0.05) is 6.42 Å². The lowest BCUT2D eigenvalue weighted by Crippen LogP contribution is -2.40. The Labute approximate surface area is 115 Å². The molecular formula is C13H11ClN4O. The van der Waals surface area contributed by atoms with Crippen LogP contribution < -0.4 is 10.6 Å². The van der Waals surface area contributed by atoms with E-state index in [1.807, 2.05) is 30.3 Å². The van der Waals surface area contributed by atoms with E-state index in [1.54, 1.807) is 0 Å². The van der Waals surface area contributed by atoms with Gasteiger partial charge in [-0.15, -0.1) is 0 Å². The van der Waals surface area contributed by atoms with Crippen molar-refractivity contribution in [1.29, 1.82) is 0 Å². The number of aromatic nitrogens is 2. The Morgan fingerprint density at radius 2 is 2.05 bits per heavy atom. The summed E-state index contributed by atoms with van der Waals surface area (Å²) in [5.74, 6) is 0.461. The summed E-state index contributed by atoms with van der Waals surface area (Å²) in [7, 11) is 0. The number of nitrogens with one attached hydrogen (secondary N) is 2. The average molecular weight is 275 g/mol. The number of amides is 1. The molecule has 19 heavy (non-hydrogen) atoms. The third-order valence-electron chi connectivity index (χ3n) is 2.93. The van der Waals surface area contributed by atoms with Crippen molar-refractivity contribution in [3.63, 3.8) is 0 Å². The van der Waals surface area contributed by atoms with Gasteiger partial charge in [-0.3, -0.25) is 4.79 Å². The van der Waals surface area contributed by atoms with Crippen LogP contribution in [0.15, 0.2) is 36.5 Å². The van der Waals surface area contributed by atoms with Crippen molar-refractivity contribution in [2.75, 3.05) is 10.6 Å². The van der Waals surface area contributed by atoms with Gasteiger partial charge in [0.1, 0.15) is 11.7 Å². The molecule has 1 amide bonds. The quantitative estimate of drug-likeness (QED) is 0.823. The van der Waals surface area contributed by atoms with Gasteiger partial charge in [-0.05, 0) is 17.2 Å². The van der Waals surface area contributed by atoms with Gasteiger partial charge < -0.3 is 10.6 Å². The molecule has 2 N–H and O–H groups in total. The lowest BCUT2D eigenvalue weighted by atomic mass is 10.0. The minimum atomic E-state index is -0.360. The molecule has 1 aromatic heterocycles. The van der Waals surface area contributed by atoms with E-state index in [1.165, 1.54) is 6.20 Å². The van der Waals surface area contributed by atoms with E-state index in [9.17, 15) is 4.79 Å². The first-order chi connectivity index (χ1) is 9.22. The number of hydrogen-bond acceptors (Lipinski definition) is 4. The fourth-order valence-electron chi connectivity index (χ4n) is 2.01. The van der Waals surface area contributed by atoms with E-state index < -0.39 is 0 Å². The highest BCUT2D eigenvalue weighted by Crippen LogP contribution is 2.25. The number of benzene rings is 1. The third kappa shape index (κ3) is 2.51. The molecular weight excluding hydrogens is 264 g/mol. The molecule has 1 aliphatic heterocycles. The molecule has 0 fully saturated rings. The van der Waals surface area contributed by atoms with Crippen molar-refractivity contribution in [1.82, 2.24) is 9.97 Å². The van der Waals surface area contributed by atoms with Crippen LogP contribution in [0.5, 0.6) is 0 Å². The molecule has 1 aliphatic rings. The molecule has 0 bridgehead atoms. The van der Waals surface area contributed by atoms with E-state index in [2.05, 4.69) is 20.6 Å². The van der Waals surface area contributed by atoms with Crippen molar-refractivity contribution in [3.05, 3.63) is 47.4 Å². The number of hydrogen-bond donors (Lipinski definition) is 2. The van der Waals surface area contributed by atoms with E-state index in [0.29, 0.717) is 17.9 Å². The summed E-state index contributed by atoms with van der Waals surface area (Å²) in [4.78, 5) is 19.9. The van der Waals surface area contributed by atoms with E-state index in [4.69, 9.17) is 11.6 Å². The number of halogens is 1. The van der Waals surface area contributed by atoms with Crippen molar-refractivity contribution in [2.24, 2.45) is 0 Å². The van der Waals surface area contributed by atoms with Crippen LogP contribution in [0.3, 0.4) is 0 Å². The van der Waals surface area contributed by atoms with Crippen LogP contribution >= 0.6 is 11.6 Å². The zero-order valence-corrected chi connectivity index (χ0v) is 10.7. The predicted octanol–water partition coefficient (Wildman–Crippen LogP) is 2.11. The maximum Gasteiger partial charge on any atom is 0.247 e. The summed E-state index contributed by atoms with van der Waals surface area (Å²) in [6.07, 6.45) is 2.09. The highest BCUT2D eigenvalue weighted by atomic mass is 35.5. The van der Waals surface area contributed by atoms with Crippen molar-refractivity contribution in [3.8, 4) is 0 Å². The molecule has 0 aliphatic carbocycles. The summed E-state index contributed by atoms with van der Waals surface area (Å²) in [6.45, 7) is 0.